The summed E-state index contributed by atoms with van der Waals surface area (Å²) in [5.41, 5.74) is 4.98. The van der Waals surface area contributed by atoms with Crippen LogP contribution in [-0.4, -0.2) is 0 Å². The number of fused-ring (bicyclic) bond motifs is 1. The molecule has 114 valence electrons. The third kappa shape index (κ3) is 2.33. The predicted molar refractivity (Wildman–Crippen MR) is 95.6 cm³/mol. The number of furan rings is 1. The molecule has 1 aromatic heterocycles. The molecule has 1 heteroatoms. The molecule has 0 amide bonds. The Morgan fingerprint density at radius 1 is 0.609 bits per heavy atom. The van der Waals surface area contributed by atoms with Gasteiger partial charge in [-0.15, -0.1) is 0 Å². The van der Waals surface area contributed by atoms with Crippen LogP contribution in [0.2, 0.25) is 0 Å². The number of benzene rings is 2. The van der Waals surface area contributed by atoms with Crippen molar-refractivity contribution in [2.75, 3.05) is 0 Å². The van der Waals surface area contributed by atoms with Crippen molar-refractivity contribution < 1.29 is 4.42 Å². The van der Waals surface area contributed by atoms with Crippen LogP contribution in [0.3, 0.4) is 0 Å². The molecule has 0 bridgehead atoms. The molecule has 4 rings (SSSR count). The van der Waals surface area contributed by atoms with E-state index in [0.717, 1.165) is 22.6 Å². The Kier molecular flexibility index (Phi) is 3.42. The second-order valence-electron chi connectivity index (χ2n) is 6.28. The first-order valence-electron chi connectivity index (χ1n) is 8.21. The molecule has 23 heavy (non-hydrogen) atoms. The summed E-state index contributed by atoms with van der Waals surface area (Å²) < 4.78 is 6.44. The summed E-state index contributed by atoms with van der Waals surface area (Å²) >= 11 is 0. The summed E-state index contributed by atoms with van der Waals surface area (Å²) in [5.74, 6) is 2.78. The highest BCUT2D eigenvalue weighted by Crippen LogP contribution is 2.47. The molecule has 0 saturated carbocycles. The maximum absolute atomic E-state index is 6.44. The minimum Gasteiger partial charge on any atom is -0.455 e. The van der Waals surface area contributed by atoms with Crippen molar-refractivity contribution in [3.05, 3.63) is 83.9 Å². The van der Waals surface area contributed by atoms with Crippen molar-refractivity contribution in [3.8, 4) is 22.6 Å². The van der Waals surface area contributed by atoms with Crippen molar-refractivity contribution in [1.82, 2.24) is 0 Å². The minimum atomic E-state index is 0.373. The molecule has 1 heterocycles. The molecular weight excluding hydrogens is 280 g/mol. The van der Waals surface area contributed by atoms with Crippen molar-refractivity contribution in [1.29, 1.82) is 0 Å². The van der Waals surface area contributed by atoms with Crippen molar-refractivity contribution in [2.45, 2.75) is 25.7 Å². The van der Waals surface area contributed by atoms with E-state index < -0.39 is 0 Å². The third-order valence-corrected chi connectivity index (χ3v) is 4.65. The van der Waals surface area contributed by atoms with Gasteiger partial charge in [0, 0.05) is 34.1 Å². The predicted octanol–water partition coefficient (Wildman–Crippen LogP) is 6.39. The first-order chi connectivity index (χ1) is 11.3. The summed E-state index contributed by atoms with van der Waals surface area (Å²) in [5, 5.41) is 0. The van der Waals surface area contributed by atoms with Crippen LogP contribution in [0.4, 0.5) is 0 Å². The van der Waals surface area contributed by atoms with E-state index in [9.17, 15) is 0 Å². The van der Waals surface area contributed by atoms with Crippen LogP contribution in [0.25, 0.3) is 22.6 Å². The minimum absolute atomic E-state index is 0.373. The molecule has 0 spiro atoms. The first kappa shape index (κ1) is 14.1. The zero-order valence-electron chi connectivity index (χ0n) is 13.5. The van der Waals surface area contributed by atoms with E-state index in [2.05, 4.69) is 74.5 Å². The third-order valence-electron chi connectivity index (χ3n) is 4.65. The van der Waals surface area contributed by atoms with Gasteiger partial charge in [-0.05, 0) is 0 Å². The van der Waals surface area contributed by atoms with E-state index in [4.69, 9.17) is 4.42 Å². The van der Waals surface area contributed by atoms with E-state index >= 15 is 0 Å². The number of allylic oxidation sites excluding steroid dienone is 2. The van der Waals surface area contributed by atoms with E-state index in [1.54, 1.807) is 0 Å². The lowest BCUT2D eigenvalue weighted by Crippen LogP contribution is -2.04. The van der Waals surface area contributed by atoms with Crippen LogP contribution in [0.15, 0.2) is 77.2 Å². The van der Waals surface area contributed by atoms with Crippen molar-refractivity contribution >= 4 is 0 Å². The van der Waals surface area contributed by atoms with Gasteiger partial charge in [0.15, 0.2) is 0 Å². The quantitative estimate of drug-likeness (QED) is 0.500. The topological polar surface area (TPSA) is 13.1 Å². The standard InChI is InChI=1S/C22H20O/c1-15-13-14-16(2)20-19(15)21(17-9-5-3-6-10-17)23-22(20)18-11-7-4-8-12-18/h3-16H,1-2H3/t15-,16-/m0/s1. The second-order valence-corrected chi connectivity index (χ2v) is 6.28. The van der Waals surface area contributed by atoms with Gasteiger partial charge in [-0.3, -0.25) is 0 Å². The van der Waals surface area contributed by atoms with Gasteiger partial charge in [0.05, 0.1) is 0 Å². The molecule has 1 nitrogen and oxygen atoms in total. The number of hydrogen-bond acceptors (Lipinski definition) is 1. The molecule has 3 aromatic rings. The Morgan fingerprint density at radius 3 is 1.39 bits per heavy atom. The molecule has 1 aliphatic carbocycles. The van der Waals surface area contributed by atoms with Crippen LogP contribution < -0.4 is 0 Å². The Morgan fingerprint density at radius 2 is 1.00 bits per heavy atom. The number of rotatable bonds is 2. The van der Waals surface area contributed by atoms with E-state index in [0.29, 0.717) is 11.8 Å². The highest BCUT2D eigenvalue weighted by molar-refractivity contribution is 5.75. The summed E-state index contributed by atoms with van der Waals surface area (Å²) in [6.07, 6.45) is 4.59. The fraction of sp³-hybridized carbons (Fsp3) is 0.182. The highest BCUT2D eigenvalue weighted by atomic mass is 16.3. The molecule has 0 saturated heterocycles. The van der Waals surface area contributed by atoms with Crippen LogP contribution in [-0.2, 0) is 0 Å². The summed E-state index contributed by atoms with van der Waals surface area (Å²) in [6, 6.07) is 20.9. The van der Waals surface area contributed by atoms with Gasteiger partial charge in [-0.1, -0.05) is 86.7 Å². The monoisotopic (exact) mass is 300 g/mol. The lowest BCUT2D eigenvalue weighted by atomic mass is 9.82. The van der Waals surface area contributed by atoms with E-state index in [-0.39, 0.29) is 0 Å². The van der Waals surface area contributed by atoms with E-state index in [1.807, 2.05) is 12.1 Å². The Balaban J connectivity index is 2.00. The molecule has 2 aromatic carbocycles. The molecular formula is C22H20O. The van der Waals surface area contributed by atoms with E-state index in [1.165, 1.54) is 11.1 Å². The summed E-state index contributed by atoms with van der Waals surface area (Å²) in [6.45, 7) is 4.50. The van der Waals surface area contributed by atoms with Crippen LogP contribution in [0, 0.1) is 0 Å². The van der Waals surface area contributed by atoms with Crippen LogP contribution >= 0.6 is 0 Å². The normalized spacial score (nSPS) is 19.6. The second kappa shape index (κ2) is 5.58. The van der Waals surface area contributed by atoms with Gasteiger partial charge in [0.1, 0.15) is 11.5 Å². The maximum Gasteiger partial charge on any atom is 0.138 e. The van der Waals surface area contributed by atoms with Gasteiger partial charge in [0.2, 0.25) is 0 Å². The first-order valence-corrected chi connectivity index (χ1v) is 8.21. The SMILES string of the molecule is C[C@H]1C=C[C@H](C)c2c(-c3ccccc3)oc(-c3ccccc3)c21. The lowest BCUT2D eigenvalue weighted by molar-refractivity contribution is 0.591. The van der Waals surface area contributed by atoms with Gasteiger partial charge in [-0.2, -0.15) is 0 Å². The van der Waals surface area contributed by atoms with Crippen molar-refractivity contribution in [2.24, 2.45) is 0 Å². The number of hydrogen-bond donors (Lipinski definition) is 0. The van der Waals surface area contributed by atoms with Gasteiger partial charge < -0.3 is 4.42 Å². The van der Waals surface area contributed by atoms with Crippen LogP contribution in [0.5, 0.6) is 0 Å². The Labute approximate surface area is 137 Å². The molecule has 0 radical (unpaired) electrons. The molecule has 0 aliphatic heterocycles. The lowest BCUT2D eigenvalue weighted by Gasteiger charge is -2.19. The Hall–Kier alpha value is -2.54. The van der Waals surface area contributed by atoms with Gasteiger partial charge >= 0.3 is 0 Å². The smallest absolute Gasteiger partial charge is 0.138 e. The van der Waals surface area contributed by atoms with Gasteiger partial charge in [0.25, 0.3) is 0 Å². The molecule has 0 fully saturated rings. The average Bonchev–Trinajstić information content (AvgIpc) is 3.02. The fourth-order valence-corrected chi connectivity index (χ4v) is 3.49. The summed E-state index contributed by atoms with van der Waals surface area (Å²) in [7, 11) is 0. The molecule has 1 aliphatic rings. The largest absolute Gasteiger partial charge is 0.455 e. The molecule has 0 N–H and O–H groups in total. The zero-order valence-corrected chi connectivity index (χ0v) is 13.5. The zero-order chi connectivity index (χ0) is 15.8. The highest BCUT2D eigenvalue weighted by Gasteiger charge is 2.29. The van der Waals surface area contributed by atoms with Crippen molar-refractivity contribution in [3.63, 3.8) is 0 Å². The Bertz CT molecular complexity index is 770. The molecule has 2 atom stereocenters. The van der Waals surface area contributed by atoms with Crippen LogP contribution in [0.1, 0.15) is 36.8 Å². The molecule has 0 unspecified atom stereocenters. The maximum atomic E-state index is 6.44. The summed E-state index contributed by atoms with van der Waals surface area (Å²) in [4.78, 5) is 0. The fourth-order valence-electron chi connectivity index (χ4n) is 3.49. The average molecular weight is 300 g/mol. The van der Waals surface area contributed by atoms with Gasteiger partial charge in [-0.25, -0.2) is 0 Å².